The lowest BCUT2D eigenvalue weighted by Gasteiger charge is -2.22. The maximum absolute atomic E-state index is 12.3. The molecular weight excluding hydrogens is 240 g/mol. The second-order valence-electron chi connectivity index (χ2n) is 4.85. The van der Waals surface area contributed by atoms with Gasteiger partial charge in [-0.1, -0.05) is 12.1 Å². The number of carbonyl (C=O) groups excluding carboxylic acids is 1. The highest BCUT2D eigenvalue weighted by atomic mass is 16.5. The van der Waals surface area contributed by atoms with Gasteiger partial charge in [0.05, 0.1) is 12.5 Å². The summed E-state index contributed by atoms with van der Waals surface area (Å²) in [7, 11) is 0. The Morgan fingerprint density at radius 2 is 2.16 bits per heavy atom. The van der Waals surface area contributed by atoms with E-state index in [2.05, 4.69) is 0 Å². The zero-order chi connectivity index (χ0) is 13.7. The molecule has 0 saturated carbocycles. The molecule has 0 radical (unpaired) electrons. The van der Waals surface area contributed by atoms with Crippen LogP contribution in [-0.4, -0.2) is 25.2 Å². The number of nitrogens with two attached hydrogens (primary N) is 1. The van der Waals surface area contributed by atoms with Crippen molar-refractivity contribution in [3.63, 3.8) is 0 Å². The summed E-state index contributed by atoms with van der Waals surface area (Å²) in [6.07, 6.45) is 2.64. The molecule has 0 aromatic heterocycles. The third-order valence-corrected chi connectivity index (χ3v) is 3.53. The molecule has 2 rings (SSSR count). The Morgan fingerprint density at radius 3 is 2.68 bits per heavy atom. The van der Waals surface area contributed by atoms with E-state index in [0.717, 1.165) is 30.7 Å². The Balaban J connectivity index is 2.02. The van der Waals surface area contributed by atoms with Crippen molar-refractivity contribution in [3.05, 3.63) is 29.8 Å². The number of carbonyl (C=O) groups is 1. The molecule has 0 aliphatic carbocycles. The monoisotopic (exact) mass is 262 g/mol. The van der Waals surface area contributed by atoms with Gasteiger partial charge in [0.25, 0.3) is 0 Å². The molecule has 4 nitrogen and oxygen atoms in total. The van der Waals surface area contributed by atoms with Crippen LogP contribution in [0.3, 0.4) is 0 Å². The van der Waals surface area contributed by atoms with Crippen LogP contribution in [-0.2, 0) is 16.1 Å². The average Bonchev–Trinajstić information content (AvgIpc) is 2.93. The normalized spacial score (nSPS) is 18.5. The molecule has 1 aromatic carbocycles. The highest BCUT2D eigenvalue weighted by molar-refractivity contribution is 5.93. The summed E-state index contributed by atoms with van der Waals surface area (Å²) in [5, 5.41) is 0. The van der Waals surface area contributed by atoms with E-state index >= 15 is 0 Å². The molecule has 1 amide bonds. The summed E-state index contributed by atoms with van der Waals surface area (Å²) in [6.45, 7) is 3.98. The van der Waals surface area contributed by atoms with Gasteiger partial charge in [-0.05, 0) is 37.5 Å². The Hall–Kier alpha value is -1.39. The molecule has 0 spiro atoms. The molecular formula is C15H22N2O2. The van der Waals surface area contributed by atoms with E-state index in [0.29, 0.717) is 19.5 Å². The second kappa shape index (κ2) is 6.68. The fourth-order valence-electron chi connectivity index (χ4n) is 2.43. The Kier molecular flexibility index (Phi) is 4.93. The maximum atomic E-state index is 12.3. The van der Waals surface area contributed by atoms with Gasteiger partial charge in [0.15, 0.2) is 0 Å². The van der Waals surface area contributed by atoms with Crippen molar-refractivity contribution in [2.24, 2.45) is 5.73 Å². The lowest BCUT2D eigenvalue weighted by molar-refractivity contribution is -0.120. The van der Waals surface area contributed by atoms with E-state index in [1.807, 2.05) is 36.1 Å². The second-order valence-corrected chi connectivity index (χ2v) is 4.85. The van der Waals surface area contributed by atoms with Crippen LogP contribution in [0.25, 0.3) is 0 Å². The van der Waals surface area contributed by atoms with Crippen LogP contribution in [0.4, 0.5) is 5.69 Å². The number of hydrogen-bond donors (Lipinski definition) is 1. The molecule has 1 aliphatic rings. The third-order valence-electron chi connectivity index (χ3n) is 3.53. The molecule has 1 aromatic rings. The Morgan fingerprint density at radius 1 is 1.42 bits per heavy atom. The average molecular weight is 262 g/mol. The quantitative estimate of drug-likeness (QED) is 0.883. The van der Waals surface area contributed by atoms with Crippen LogP contribution >= 0.6 is 0 Å². The first-order chi connectivity index (χ1) is 9.24. The van der Waals surface area contributed by atoms with Crippen molar-refractivity contribution in [2.45, 2.75) is 38.8 Å². The standard InChI is InChI=1S/C15H22N2O2/c1-2-17(13-7-5-12(11-16)6-8-13)15(18)10-14-4-3-9-19-14/h5-8,14H,2-4,9-11,16H2,1H3. The summed E-state index contributed by atoms with van der Waals surface area (Å²) in [4.78, 5) is 14.1. The van der Waals surface area contributed by atoms with E-state index in [9.17, 15) is 4.79 Å². The van der Waals surface area contributed by atoms with Gasteiger partial charge in [-0.15, -0.1) is 0 Å². The molecule has 1 atom stereocenters. The topological polar surface area (TPSA) is 55.6 Å². The number of nitrogens with zero attached hydrogens (tertiary/aromatic N) is 1. The number of rotatable bonds is 5. The number of benzene rings is 1. The molecule has 4 heteroatoms. The number of hydrogen-bond acceptors (Lipinski definition) is 3. The molecule has 104 valence electrons. The predicted octanol–water partition coefficient (Wildman–Crippen LogP) is 2.07. The Labute approximate surface area is 114 Å². The zero-order valence-corrected chi connectivity index (χ0v) is 11.5. The Bertz CT molecular complexity index is 411. The van der Waals surface area contributed by atoms with E-state index in [4.69, 9.17) is 10.5 Å². The minimum atomic E-state index is 0.102. The van der Waals surface area contributed by atoms with Crippen molar-refractivity contribution in [1.82, 2.24) is 0 Å². The van der Waals surface area contributed by atoms with Crippen molar-refractivity contribution >= 4 is 11.6 Å². The highest BCUT2D eigenvalue weighted by Gasteiger charge is 2.22. The first-order valence-electron chi connectivity index (χ1n) is 6.95. The maximum Gasteiger partial charge on any atom is 0.229 e. The number of amides is 1. The van der Waals surface area contributed by atoms with Gasteiger partial charge in [0.2, 0.25) is 5.91 Å². The van der Waals surface area contributed by atoms with Gasteiger partial charge in [0.1, 0.15) is 0 Å². The van der Waals surface area contributed by atoms with Gasteiger partial charge < -0.3 is 15.4 Å². The van der Waals surface area contributed by atoms with Gasteiger partial charge in [-0.3, -0.25) is 4.79 Å². The van der Waals surface area contributed by atoms with Gasteiger partial charge in [0, 0.05) is 25.4 Å². The lowest BCUT2D eigenvalue weighted by atomic mass is 10.1. The van der Waals surface area contributed by atoms with Gasteiger partial charge >= 0.3 is 0 Å². The number of anilines is 1. The van der Waals surface area contributed by atoms with Crippen LogP contribution in [0.2, 0.25) is 0 Å². The summed E-state index contributed by atoms with van der Waals surface area (Å²) < 4.78 is 5.53. The van der Waals surface area contributed by atoms with E-state index in [1.54, 1.807) is 0 Å². The SMILES string of the molecule is CCN(C(=O)CC1CCCO1)c1ccc(CN)cc1. The first kappa shape index (κ1) is 14.0. The van der Waals surface area contributed by atoms with E-state index in [-0.39, 0.29) is 12.0 Å². The molecule has 1 heterocycles. The molecule has 0 bridgehead atoms. The summed E-state index contributed by atoms with van der Waals surface area (Å²) in [5.74, 6) is 0.134. The van der Waals surface area contributed by atoms with Crippen LogP contribution in [0.5, 0.6) is 0 Å². The molecule has 1 aliphatic heterocycles. The summed E-state index contributed by atoms with van der Waals surface area (Å²) in [6, 6.07) is 7.85. The van der Waals surface area contributed by atoms with Crippen LogP contribution in [0.1, 0.15) is 31.7 Å². The van der Waals surface area contributed by atoms with Crippen LogP contribution in [0.15, 0.2) is 24.3 Å². The first-order valence-corrected chi connectivity index (χ1v) is 6.95. The van der Waals surface area contributed by atoms with Crippen LogP contribution in [0, 0.1) is 0 Å². The predicted molar refractivity (Wildman–Crippen MR) is 76.0 cm³/mol. The molecule has 1 saturated heterocycles. The summed E-state index contributed by atoms with van der Waals surface area (Å²) >= 11 is 0. The molecule has 1 unspecified atom stereocenters. The smallest absolute Gasteiger partial charge is 0.229 e. The number of ether oxygens (including phenoxy) is 1. The highest BCUT2D eigenvalue weighted by Crippen LogP contribution is 2.20. The van der Waals surface area contributed by atoms with Crippen LogP contribution < -0.4 is 10.6 Å². The lowest BCUT2D eigenvalue weighted by Crippen LogP contribution is -2.33. The summed E-state index contributed by atoms with van der Waals surface area (Å²) in [5.41, 5.74) is 7.59. The minimum Gasteiger partial charge on any atom is -0.378 e. The third kappa shape index (κ3) is 3.55. The molecule has 2 N–H and O–H groups in total. The minimum absolute atomic E-state index is 0.102. The fraction of sp³-hybridized carbons (Fsp3) is 0.533. The zero-order valence-electron chi connectivity index (χ0n) is 11.5. The molecule has 19 heavy (non-hydrogen) atoms. The van der Waals surface area contributed by atoms with Crippen molar-refractivity contribution in [1.29, 1.82) is 0 Å². The van der Waals surface area contributed by atoms with E-state index < -0.39 is 0 Å². The van der Waals surface area contributed by atoms with Crippen molar-refractivity contribution in [2.75, 3.05) is 18.1 Å². The van der Waals surface area contributed by atoms with Crippen molar-refractivity contribution in [3.8, 4) is 0 Å². The van der Waals surface area contributed by atoms with E-state index in [1.165, 1.54) is 0 Å². The van der Waals surface area contributed by atoms with Crippen molar-refractivity contribution < 1.29 is 9.53 Å². The van der Waals surface area contributed by atoms with Gasteiger partial charge in [-0.2, -0.15) is 0 Å². The fourth-order valence-corrected chi connectivity index (χ4v) is 2.43. The van der Waals surface area contributed by atoms with Gasteiger partial charge in [-0.25, -0.2) is 0 Å². The largest absolute Gasteiger partial charge is 0.378 e. The molecule has 1 fully saturated rings.